The Kier molecular flexibility index (Phi) is 5.63. The van der Waals surface area contributed by atoms with Gasteiger partial charge in [-0.2, -0.15) is 0 Å². The van der Waals surface area contributed by atoms with Crippen molar-refractivity contribution in [2.45, 2.75) is 19.3 Å². The maximum absolute atomic E-state index is 6.38. The molecule has 0 radical (unpaired) electrons. The lowest BCUT2D eigenvalue weighted by atomic mass is 9.82. The standard InChI is InChI=1S/C45H32N2O/c1-45(2)39-15-7-3-11-33(39)38-27-31(24-26-40(38)45)46(32-23-25-37-36-14-6-10-18-43(36)48-44(37)28-32)29-19-21-30(22-20-29)47-41-16-8-4-12-34(41)35-13-5-9-17-42(35)47/h3-28H,1-2H3. The smallest absolute Gasteiger partial charge is 0.137 e. The maximum atomic E-state index is 6.38. The fourth-order valence-electron chi connectivity index (χ4n) is 8.10. The fraction of sp³-hybridized carbons (Fsp3) is 0.0667. The first-order valence-corrected chi connectivity index (χ1v) is 16.6. The maximum Gasteiger partial charge on any atom is 0.137 e. The molecule has 0 bridgehead atoms. The molecule has 0 saturated carbocycles. The van der Waals surface area contributed by atoms with E-state index in [1.165, 1.54) is 44.1 Å². The lowest BCUT2D eigenvalue weighted by Crippen LogP contribution is -2.15. The van der Waals surface area contributed by atoms with Crippen LogP contribution in [0.5, 0.6) is 0 Å². The summed E-state index contributed by atoms with van der Waals surface area (Å²) < 4.78 is 8.75. The molecular formula is C45H32N2O. The number of anilines is 3. The van der Waals surface area contributed by atoms with Gasteiger partial charge >= 0.3 is 0 Å². The molecular weight excluding hydrogens is 585 g/mol. The molecule has 0 fully saturated rings. The molecule has 0 unspecified atom stereocenters. The van der Waals surface area contributed by atoms with Crippen molar-refractivity contribution >= 4 is 60.8 Å². The van der Waals surface area contributed by atoms with Crippen LogP contribution in [0.3, 0.4) is 0 Å². The summed E-state index contributed by atoms with van der Waals surface area (Å²) in [5.41, 5.74) is 13.9. The minimum absolute atomic E-state index is 0.0492. The summed E-state index contributed by atoms with van der Waals surface area (Å²) >= 11 is 0. The lowest BCUT2D eigenvalue weighted by Gasteiger charge is -2.27. The molecule has 10 rings (SSSR count). The van der Waals surface area contributed by atoms with Crippen molar-refractivity contribution in [3.63, 3.8) is 0 Å². The SMILES string of the molecule is CC1(C)c2ccccc2-c2cc(N(c3ccc(-n4c5ccccc5c5ccccc54)cc3)c3ccc4c(c3)oc3ccccc34)ccc21. The van der Waals surface area contributed by atoms with Gasteiger partial charge in [0.15, 0.2) is 0 Å². The first-order chi connectivity index (χ1) is 23.6. The van der Waals surface area contributed by atoms with Crippen molar-refractivity contribution in [3.05, 3.63) is 169 Å². The molecule has 48 heavy (non-hydrogen) atoms. The number of benzene rings is 7. The van der Waals surface area contributed by atoms with E-state index >= 15 is 0 Å². The van der Waals surface area contributed by atoms with E-state index in [9.17, 15) is 0 Å². The third-order valence-corrected chi connectivity index (χ3v) is 10.4. The minimum Gasteiger partial charge on any atom is -0.456 e. The third kappa shape index (κ3) is 3.82. The van der Waals surface area contributed by atoms with Crippen molar-refractivity contribution in [3.8, 4) is 16.8 Å². The van der Waals surface area contributed by atoms with Crippen LogP contribution >= 0.6 is 0 Å². The van der Waals surface area contributed by atoms with Gasteiger partial charge in [-0.05, 0) is 89.0 Å². The number of rotatable bonds is 4. The highest BCUT2D eigenvalue weighted by Crippen LogP contribution is 2.50. The molecule has 7 aromatic carbocycles. The van der Waals surface area contributed by atoms with Crippen LogP contribution in [-0.2, 0) is 5.41 Å². The predicted octanol–water partition coefficient (Wildman–Crippen LogP) is 12.5. The van der Waals surface area contributed by atoms with Crippen LogP contribution in [0.2, 0.25) is 0 Å². The average Bonchev–Trinajstić information content (AvgIpc) is 3.74. The summed E-state index contributed by atoms with van der Waals surface area (Å²) in [6.45, 7) is 4.66. The van der Waals surface area contributed by atoms with Gasteiger partial charge in [0.1, 0.15) is 11.2 Å². The molecule has 1 aliphatic carbocycles. The molecule has 3 heteroatoms. The van der Waals surface area contributed by atoms with Crippen LogP contribution < -0.4 is 4.90 Å². The predicted molar refractivity (Wildman–Crippen MR) is 200 cm³/mol. The minimum atomic E-state index is -0.0492. The monoisotopic (exact) mass is 616 g/mol. The molecule has 3 nitrogen and oxygen atoms in total. The molecule has 9 aromatic rings. The van der Waals surface area contributed by atoms with Crippen LogP contribution in [0.4, 0.5) is 17.1 Å². The molecule has 2 heterocycles. The van der Waals surface area contributed by atoms with E-state index in [1.807, 2.05) is 12.1 Å². The topological polar surface area (TPSA) is 21.3 Å². The molecule has 228 valence electrons. The summed E-state index contributed by atoms with van der Waals surface area (Å²) in [7, 11) is 0. The summed E-state index contributed by atoms with van der Waals surface area (Å²) in [4.78, 5) is 2.36. The van der Waals surface area contributed by atoms with E-state index in [0.717, 1.165) is 44.7 Å². The van der Waals surface area contributed by atoms with Crippen LogP contribution in [0, 0.1) is 0 Å². The van der Waals surface area contributed by atoms with E-state index in [-0.39, 0.29) is 5.41 Å². The Morgan fingerprint density at radius 1 is 0.458 bits per heavy atom. The second kappa shape index (κ2) is 9.97. The van der Waals surface area contributed by atoms with Crippen LogP contribution in [0.25, 0.3) is 60.6 Å². The van der Waals surface area contributed by atoms with Crippen molar-refractivity contribution in [2.75, 3.05) is 4.90 Å². The first-order valence-electron chi connectivity index (χ1n) is 16.6. The quantitative estimate of drug-likeness (QED) is 0.196. The number of nitrogens with zero attached hydrogens (tertiary/aromatic N) is 2. The van der Waals surface area contributed by atoms with Gasteiger partial charge in [-0.15, -0.1) is 0 Å². The number of hydrogen-bond donors (Lipinski definition) is 0. The second-order valence-corrected chi connectivity index (χ2v) is 13.4. The van der Waals surface area contributed by atoms with Gasteiger partial charge in [0.2, 0.25) is 0 Å². The van der Waals surface area contributed by atoms with Crippen molar-refractivity contribution in [1.82, 2.24) is 4.57 Å². The molecule has 0 saturated heterocycles. The first kappa shape index (κ1) is 27.1. The van der Waals surface area contributed by atoms with Gasteiger partial charge in [-0.25, -0.2) is 0 Å². The molecule has 2 aromatic heterocycles. The second-order valence-electron chi connectivity index (χ2n) is 13.4. The highest BCUT2D eigenvalue weighted by molar-refractivity contribution is 6.09. The zero-order valence-electron chi connectivity index (χ0n) is 26.8. The van der Waals surface area contributed by atoms with E-state index in [1.54, 1.807) is 0 Å². The largest absolute Gasteiger partial charge is 0.456 e. The number of hydrogen-bond acceptors (Lipinski definition) is 2. The van der Waals surface area contributed by atoms with E-state index < -0.39 is 0 Å². The zero-order chi connectivity index (χ0) is 32.0. The molecule has 1 aliphatic rings. The lowest BCUT2D eigenvalue weighted by molar-refractivity contribution is 0.660. The Bertz CT molecular complexity index is 2650. The van der Waals surface area contributed by atoms with Gasteiger partial charge in [0.05, 0.1) is 11.0 Å². The number of aromatic nitrogens is 1. The van der Waals surface area contributed by atoms with E-state index in [2.05, 4.69) is 169 Å². The van der Waals surface area contributed by atoms with Gasteiger partial charge in [-0.1, -0.05) is 98.8 Å². The zero-order valence-corrected chi connectivity index (χ0v) is 26.8. The van der Waals surface area contributed by atoms with E-state index in [0.29, 0.717) is 0 Å². The highest BCUT2D eigenvalue weighted by Gasteiger charge is 2.35. The summed E-state index contributed by atoms with van der Waals surface area (Å²) in [5.74, 6) is 0. The highest BCUT2D eigenvalue weighted by atomic mass is 16.3. The van der Waals surface area contributed by atoms with Gasteiger partial charge in [0, 0.05) is 55.8 Å². The molecule has 0 atom stereocenters. The Labute approximate surface area is 278 Å². The Morgan fingerprint density at radius 3 is 1.79 bits per heavy atom. The Balaban J connectivity index is 1.16. The van der Waals surface area contributed by atoms with Crippen LogP contribution in [-0.4, -0.2) is 4.57 Å². The molecule has 0 aliphatic heterocycles. The Hall–Kier alpha value is -6.06. The third-order valence-electron chi connectivity index (χ3n) is 10.4. The van der Waals surface area contributed by atoms with Crippen LogP contribution in [0.15, 0.2) is 162 Å². The van der Waals surface area contributed by atoms with Gasteiger partial charge in [-0.3, -0.25) is 0 Å². The van der Waals surface area contributed by atoms with Crippen molar-refractivity contribution < 1.29 is 4.42 Å². The van der Waals surface area contributed by atoms with E-state index in [4.69, 9.17) is 4.42 Å². The van der Waals surface area contributed by atoms with Crippen LogP contribution in [0.1, 0.15) is 25.0 Å². The molecule has 0 N–H and O–H groups in total. The number of furan rings is 1. The number of para-hydroxylation sites is 3. The molecule has 0 amide bonds. The molecule has 0 spiro atoms. The average molecular weight is 617 g/mol. The summed E-state index contributed by atoms with van der Waals surface area (Å²) in [5, 5.41) is 4.79. The fourth-order valence-corrected chi connectivity index (χ4v) is 8.10. The summed E-state index contributed by atoms with van der Waals surface area (Å²) in [6, 6.07) is 57.0. The van der Waals surface area contributed by atoms with Gasteiger partial charge in [0.25, 0.3) is 0 Å². The number of fused-ring (bicyclic) bond motifs is 9. The van der Waals surface area contributed by atoms with Gasteiger partial charge < -0.3 is 13.9 Å². The van der Waals surface area contributed by atoms with Crippen molar-refractivity contribution in [2.24, 2.45) is 0 Å². The summed E-state index contributed by atoms with van der Waals surface area (Å²) in [6.07, 6.45) is 0. The normalized spacial score (nSPS) is 13.4. The van der Waals surface area contributed by atoms with Crippen molar-refractivity contribution in [1.29, 1.82) is 0 Å². The Morgan fingerprint density at radius 2 is 1.02 bits per heavy atom.